The van der Waals surface area contributed by atoms with Gasteiger partial charge in [0.2, 0.25) is 0 Å². The van der Waals surface area contributed by atoms with Crippen molar-refractivity contribution in [3.05, 3.63) is 60.3 Å². The number of benzene rings is 1. The van der Waals surface area contributed by atoms with Gasteiger partial charge in [0.05, 0.1) is 15.7 Å². The van der Waals surface area contributed by atoms with Gasteiger partial charge in [0.1, 0.15) is 5.69 Å². The second-order valence-electron chi connectivity index (χ2n) is 6.06. The van der Waals surface area contributed by atoms with Gasteiger partial charge in [-0.25, -0.2) is 4.79 Å². The number of anilines is 1. The van der Waals surface area contributed by atoms with E-state index >= 15 is 0 Å². The molecule has 0 saturated heterocycles. The number of hydrogen-bond donors (Lipinski definition) is 4. The van der Waals surface area contributed by atoms with Crippen LogP contribution in [0, 0.1) is 0 Å². The molecule has 0 amide bonds. The van der Waals surface area contributed by atoms with E-state index in [0.717, 1.165) is 19.3 Å². The number of rotatable bonds is 4. The van der Waals surface area contributed by atoms with Gasteiger partial charge >= 0.3 is 5.69 Å². The summed E-state index contributed by atoms with van der Waals surface area (Å²) < 4.78 is 0. The Kier molecular flexibility index (Phi) is 4.99. The molecule has 0 bridgehead atoms. The van der Waals surface area contributed by atoms with Gasteiger partial charge in [-0.15, -0.1) is 0 Å². The molecule has 1 aliphatic carbocycles. The summed E-state index contributed by atoms with van der Waals surface area (Å²) in [6.45, 7) is 0.351. The Balaban J connectivity index is 1.63. The molecule has 24 heavy (non-hydrogen) atoms. The van der Waals surface area contributed by atoms with E-state index in [1.54, 1.807) is 0 Å². The summed E-state index contributed by atoms with van der Waals surface area (Å²) in [5.74, 6) is 0.410. The van der Waals surface area contributed by atoms with E-state index in [9.17, 15) is 9.59 Å². The van der Waals surface area contributed by atoms with Gasteiger partial charge in [-0.2, -0.15) is 0 Å². The number of nitrogens with one attached hydrogen (secondary N) is 3. The lowest BCUT2D eigenvalue weighted by molar-refractivity contribution is 0.512. The molecular formula is C16H18Cl2N4O2. The average Bonchev–Trinajstić information content (AvgIpc) is 3.01. The van der Waals surface area contributed by atoms with E-state index in [-0.39, 0.29) is 11.7 Å². The van der Waals surface area contributed by atoms with Crippen molar-refractivity contribution >= 4 is 28.9 Å². The Labute approximate surface area is 148 Å². The number of nitrogens with two attached hydrogens (primary N) is 1. The summed E-state index contributed by atoms with van der Waals surface area (Å²) in [4.78, 5) is 27.5. The van der Waals surface area contributed by atoms with Crippen LogP contribution >= 0.6 is 23.2 Å². The summed E-state index contributed by atoms with van der Waals surface area (Å²) in [5, 5.41) is 4.48. The fraction of sp³-hybridized carbons (Fsp3) is 0.375. The molecule has 3 rings (SSSR count). The van der Waals surface area contributed by atoms with Gasteiger partial charge < -0.3 is 16.0 Å². The van der Waals surface area contributed by atoms with Gasteiger partial charge in [-0.3, -0.25) is 9.78 Å². The molecule has 0 radical (unpaired) electrons. The molecule has 6 nitrogen and oxygen atoms in total. The Bertz CT molecular complexity index is 862. The average molecular weight is 369 g/mol. The first kappa shape index (κ1) is 17.1. The van der Waals surface area contributed by atoms with Crippen LogP contribution in [0.25, 0.3) is 0 Å². The summed E-state index contributed by atoms with van der Waals surface area (Å²) in [5.41, 5.74) is 6.23. The molecule has 8 heteroatoms. The van der Waals surface area contributed by atoms with Crippen LogP contribution in [0.2, 0.25) is 10.0 Å². The predicted octanol–water partition coefficient (Wildman–Crippen LogP) is 2.38. The number of aromatic nitrogens is 2. The maximum absolute atomic E-state index is 11.5. The lowest BCUT2D eigenvalue weighted by atomic mass is 9.97. The summed E-state index contributed by atoms with van der Waals surface area (Å²) in [6.07, 6.45) is 2.99. The number of hydrogen-bond acceptors (Lipinski definition) is 4. The van der Waals surface area contributed by atoms with E-state index < -0.39 is 11.2 Å². The number of halogens is 2. The molecule has 0 spiro atoms. The molecule has 1 saturated carbocycles. The number of aromatic amines is 2. The van der Waals surface area contributed by atoms with Crippen molar-refractivity contribution in [1.29, 1.82) is 0 Å². The Morgan fingerprint density at radius 3 is 2.71 bits per heavy atom. The van der Waals surface area contributed by atoms with E-state index in [4.69, 9.17) is 28.9 Å². The molecule has 1 aliphatic rings. The van der Waals surface area contributed by atoms with E-state index in [2.05, 4.69) is 15.3 Å². The molecule has 1 aromatic carbocycles. The lowest BCUT2D eigenvalue weighted by Crippen LogP contribution is -2.32. The van der Waals surface area contributed by atoms with Crippen LogP contribution in [0.3, 0.4) is 0 Å². The van der Waals surface area contributed by atoms with Gasteiger partial charge in [0.25, 0.3) is 5.56 Å². The van der Waals surface area contributed by atoms with Crippen LogP contribution in [0.5, 0.6) is 0 Å². The van der Waals surface area contributed by atoms with Gasteiger partial charge in [-0.1, -0.05) is 29.3 Å². The third kappa shape index (κ3) is 3.66. The normalized spacial score (nSPS) is 20.4. The maximum Gasteiger partial charge on any atom is 0.326 e. The van der Waals surface area contributed by atoms with Crippen molar-refractivity contribution < 1.29 is 0 Å². The fourth-order valence-corrected chi connectivity index (χ4v) is 3.47. The molecular weight excluding hydrogens is 351 g/mol. The molecule has 2 atom stereocenters. The molecule has 1 fully saturated rings. The molecule has 0 aliphatic heterocycles. The van der Waals surface area contributed by atoms with Crippen molar-refractivity contribution in [2.45, 2.75) is 37.8 Å². The first-order valence-corrected chi connectivity index (χ1v) is 8.49. The highest BCUT2D eigenvalue weighted by atomic mass is 35.5. The van der Waals surface area contributed by atoms with Gasteiger partial charge in [0, 0.05) is 12.6 Å². The van der Waals surface area contributed by atoms with Crippen LogP contribution in [0.1, 0.15) is 36.4 Å². The van der Waals surface area contributed by atoms with Crippen LogP contribution in [-0.4, -0.2) is 16.0 Å². The highest BCUT2D eigenvalue weighted by molar-refractivity contribution is 6.42. The molecule has 128 valence electrons. The third-order valence-electron chi connectivity index (χ3n) is 4.48. The zero-order chi connectivity index (χ0) is 17.3. The molecule has 0 unspecified atom stereocenters. The van der Waals surface area contributed by atoms with E-state index in [1.807, 2.05) is 18.2 Å². The zero-order valence-electron chi connectivity index (χ0n) is 12.9. The smallest absolute Gasteiger partial charge is 0.326 e. The van der Waals surface area contributed by atoms with Crippen molar-refractivity contribution in [3.63, 3.8) is 0 Å². The van der Waals surface area contributed by atoms with Crippen molar-refractivity contribution in [2.24, 2.45) is 0 Å². The zero-order valence-corrected chi connectivity index (χ0v) is 14.4. The molecule has 2 aromatic rings. The lowest BCUT2D eigenvalue weighted by Gasteiger charge is -2.14. The highest BCUT2D eigenvalue weighted by Crippen LogP contribution is 2.36. The molecule has 1 aromatic heterocycles. The summed E-state index contributed by atoms with van der Waals surface area (Å²) in [6, 6.07) is 6.03. The first-order chi connectivity index (χ1) is 11.4. The minimum Gasteiger partial charge on any atom is -0.393 e. The highest BCUT2D eigenvalue weighted by Gasteiger charge is 2.26. The summed E-state index contributed by atoms with van der Waals surface area (Å²) in [7, 11) is 0. The minimum atomic E-state index is -0.560. The van der Waals surface area contributed by atoms with E-state index in [1.165, 1.54) is 5.56 Å². The minimum absolute atomic E-state index is 0.0427. The van der Waals surface area contributed by atoms with Gasteiger partial charge in [0.15, 0.2) is 0 Å². The van der Waals surface area contributed by atoms with Crippen molar-refractivity contribution in [2.75, 3.05) is 5.73 Å². The first-order valence-electron chi connectivity index (χ1n) is 7.73. The van der Waals surface area contributed by atoms with Gasteiger partial charge in [-0.05, 0) is 42.9 Å². The van der Waals surface area contributed by atoms with Crippen LogP contribution in [-0.2, 0) is 6.54 Å². The monoisotopic (exact) mass is 368 g/mol. The van der Waals surface area contributed by atoms with E-state index in [0.29, 0.717) is 28.2 Å². The number of H-pyrrole nitrogens is 2. The largest absolute Gasteiger partial charge is 0.393 e. The quantitative estimate of drug-likeness (QED) is 0.664. The third-order valence-corrected chi connectivity index (χ3v) is 5.22. The number of nitrogen functional groups attached to an aromatic ring is 1. The SMILES string of the molecule is Nc1c(CN[C@@H]2CC[C@H](c3ccc(Cl)c(Cl)c3)C2)[nH]c(=O)[nH]c1=O. The van der Waals surface area contributed by atoms with Crippen LogP contribution in [0.4, 0.5) is 5.69 Å². The standard InChI is InChI=1S/C16H18Cl2N4O2/c17-11-4-2-9(6-12(11)18)8-1-3-10(5-8)20-7-13-14(19)15(23)22-16(24)21-13/h2,4,6,8,10,20H,1,3,5,7,19H2,(H2,21,22,23,24)/t8-,10+/m0/s1. The second kappa shape index (κ2) is 7.01. The Morgan fingerprint density at radius 1 is 1.17 bits per heavy atom. The Morgan fingerprint density at radius 2 is 1.96 bits per heavy atom. The topological polar surface area (TPSA) is 104 Å². The Hall–Kier alpha value is -1.76. The van der Waals surface area contributed by atoms with Crippen LogP contribution < -0.4 is 22.3 Å². The van der Waals surface area contributed by atoms with Crippen molar-refractivity contribution in [1.82, 2.24) is 15.3 Å². The van der Waals surface area contributed by atoms with Crippen LogP contribution in [0.15, 0.2) is 27.8 Å². The maximum atomic E-state index is 11.5. The molecule has 5 N–H and O–H groups in total. The molecule has 1 heterocycles. The predicted molar refractivity (Wildman–Crippen MR) is 95.8 cm³/mol. The van der Waals surface area contributed by atoms with Crippen molar-refractivity contribution in [3.8, 4) is 0 Å². The summed E-state index contributed by atoms with van der Waals surface area (Å²) >= 11 is 12.0. The fourth-order valence-electron chi connectivity index (χ4n) is 3.16. The second-order valence-corrected chi connectivity index (χ2v) is 6.88.